The molecule has 8 heteroatoms. The number of methoxy groups -OCH3 is 1. The number of ether oxygens (including phenoxy) is 1. The molecular formula is C18H24ClN5O2. The maximum atomic E-state index is 11.8. The van der Waals surface area contributed by atoms with E-state index in [1.165, 1.54) is 13.3 Å². The lowest BCUT2D eigenvalue weighted by molar-refractivity contribution is 0.0593. The van der Waals surface area contributed by atoms with Crippen LogP contribution in [0.5, 0.6) is 0 Å². The molecule has 1 aliphatic rings. The van der Waals surface area contributed by atoms with Gasteiger partial charge in [0.2, 0.25) is 0 Å². The van der Waals surface area contributed by atoms with Gasteiger partial charge in [-0.1, -0.05) is 25.4 Å². The summed E-state index contributed by atoms with van der Waals surface area (Å²) in [7, 11) is 1.33. The Kier molecular flexibility index (Phi) is 5.46. The molecule has 3 rings (SSSR count). The van der Waals surface area contributed by atoms with Gasteiger partial charge in [0.15, 0.2) is 5.69 Å². The van der Waals surface area contributed by atoms with Crippen LogP contribution in [0.15, 0.2) is 12.4 Å². The summed E-state index contributed by atoms with van der Waals surface area (Å²) in [6.45, 7) is 7.88. The van der Waals surface area contributed by atoms with Crippen molar-refractivity contribution in [2.75, 3.05) is 18.6 Å². The SMILES string of the molecule is COC(=O)c1cncc(N2CCCC2c2c(C)nn(CC(C)C)c2Cl)n1. The summed E-state index contributed by atoms with van der Waals surface area (Å²) in [6.07, 6.45) is 5.06. The molecule has 3 heterocycles. The van der Waals surface area contributed by atoms with Crippen molar-refractivity contribution >= 4 is 23.4 Å². The standard InChI is InChI=1S/C18H24ClN5O2/c1-11(2)10-24-17(19)16(12(3)22-24)14-6-5-7-23(14)15-9-20-8-13(21-15)18(25)26-4/h8-9,11,14H,5-7,10H2,1-4H3. The Morgan fingerprint density at radius 1 is 1.42 bits per heavy atom. The number of carbonyl (C=O) groups excluding carboxylic acids is 1. The van der Waals surface area contributed by atoms with Gasteiger partial charge in [-0.3, -0.25) is 9.67 Å². The molecule has 1 unspecified atom stereocenters. The van der Waals surface area contributed by atoms with E-state index in [1.54, 1.807) is 6.20 Å². The first-order chi connectivity index (χ1) is 12.4. The molecule has 0 aromatic carbocycles. The first-order valence-electron chi connectivity index (χ1n) is 8.82. The Hall–Kier alpha value is -2.15. The molecule has 7 nitrogen and oxygen atoms in total. The zero-order chi connectivity index (χ0) is 18.8. The molecule has 0 saturated carbocycles. The van der Waals surface area contributed by atoms with Gasteiger partial charge in [0.05, 0.1) is 31.2 Å². The van der Waals surface area contributed by atoms with Crippen molar-refractivity contribution in [1.82, 2.24) is 19.7 Å². The van der Waals surface area contributed by atoms with Crippen LogP contribution in [0, 0.1) is 12.8 Å². The fourth-order valence-corrected chi connectivity index (χ4v) is 3.82. The minimum absolute atomic E-state index is 0.0746. The Labute approximate surface area is 158 Å². The highest BCUT2D eigenvalue weighted by atomic mass is 35.5. The third-order valence-electron chi connectivity index (χ3n) is 4.54. The lowest BCUT2D eigenvalue weighted by Gasteiger charge is -2.26. The maximum absolute atomic E-state index is 11.8. The lowest BCUT2D eigenvalue weighted by atomic mass is 10.1. The summed E-state index contributed by atoms with van der Waals surface area (Å²) < 4.78 is 6.63. The van der Waals surface area contributed by atoms with Crippen molar-refractivity contribution in [2.24, 2.45) is 5.92 Å². The Bertz CT molecular complexity index is 805. The van der Waals surface area contributed by atoms with Crippen LogP contribution < -0.4 is 4.90 Å². The minimum atomic E-state index is -0.492. The number of halogens is 1. The van der Waals surface area contributed by atoms with Crippen molar-refractivity contribution in [3.8, 4) is 0 Å². The van der Waals surface area contributed by atoms with Gasteiger partial charge in [-0.2, -0.15) is 5.10 Å². The fraction of sp³-hybridized carbons (Fsp3) is 0.556. The molecule has 1 saturated heterocycles. The molecule has 2 aromatic rings. The second-order valence-electron chi connectivity index (χ2n) is 6.97. The third kappa shape index (κ3) is 3.53. The first kappa shape index (κ1) is 18.6. The van der Waals surface area contributed by atoms with Crippen molar-refractivity contribution < 1.29 is 9.53 Å². The molecule has 0 radical (unpaired) electrons. The second kappa shape index (κ2) is 7.61. The number of aryl methyl sites for hydroxylation is 1. The Morgan fingerprint density at radius 2 is 2.19 bits per heavy atom. The van der Waals surface area contributed by atoms with Gasteiger partial charge < -0.3 is 9.64 Å². The summed E-state index contributed by atoms with van der Waals surface area (Å²) in [4.78, 5) is 22.5. The highest BCUT2D eigenvalue weighted by Gasteiger charge is 2.33. The molecule has 1 aliphatic heterocycles. The molecule has 140 valence electrons. The molecule has 26 heavy (non-hydrogen) atoms. The maximum Gasteiger partial charge on any atom is 0.358 e. The van der Waals surface area contributed by atoms with Crippen LogP contribution in [0.2, 0.25) is 5.15 Å². The highest BCUT2D eigenvalue weighted by molar-refractivity contribution is 6.30. The topological polar surface area (TPSA) is 73.1 Å². The molecule has 0 bridgehead atoms. The van der Waals surface area contributed by atoms with E-state index < -0.39 is 5.97 Å². The van der Waals surface area contributed by atoms with Gasteiger partial charge in [-0.25, -0.2) is 9.78 Å². The van der Waals surface area contributed by atoms with Gasteiger partial charge in [-0.05, 0) is 25.7 Å². The summed E-state index contributed by atoms with van der Waals surface area (Å²) >= 11 is 6.67. The zero-order valence-electron chi connectivity index (χ0n) is 15.6. The summed E-state index contributed by atoms with van der Waals surface area (Å²) in [5, 5.41) is 5.32. The van der Waals surface area contributed by atoms with Crippen molar-refractivity contribution in [3.05, 3.63) is 34.5 Å². The predicted octanol–water partition coefficient (Wildman–Crippen LogP) is 3.42. The Balaban J connectivity index is 1.94. The van der Waals surface area contributed by atoms with Crippen molar-refractivity contribution in [1.29, 1.82) is 0 Å². The molecule has 2 aromatic heterocycles. The van der Waals surface area contributed by atoms with Crippen LogP contribution in [0.4, 0.5) is 5.82 Å². The van der Waals surface area contributed by atoms with E-state index >= 15 is 0 Å². The van der Waals surface area contributed by atoms with E-state index in [-0.39, 0.29) is 11.7 Å². The first-order valence-corrected chi connectivity index (χ1v) is 9.20. The number of anilines is 1. The van der Waals surface area contributed by atoms with Gasteiger partial charge >= 0.3 is 5.97 Å². The number of aromatic nitrogens is 4. The van der Waals surface area contributed by atoms with Crippen LogP contribution >= 0.6 is 11.6 Å². The highest BCUT2D eigenvalue weighted by Crippen LogP contribution is 2.39. The number of nitrogens with zero attached hydrogens (tertiary/aromatic N) is 5. The number of rotatable bonds is 5. The normalized spacial score (nSPS) is 17.2. The van der Waals surface area contributed by atoms with Gasteiger partial charge in [-0.15, -0.1) is 0 Å². The average Bonchev–Trinajstić information content (AvgIpc) is 3.18. The predicted molar refractivity (Wildman–Crippen MR) is 99.5 cm³/mol. The molecule has 1 fully saturated rings. The van der Waals surface area contributed by atoms with Gasteiger partial charge in [0, 0.05) is 18.7 Å². The van der Waals surface area contributed by atoms with Crippen LogP contribution in [0.1, 0.15) is 54.5 Å². The van der Waals surface area contributed by atoms with Crippen LogP contribution in [0.25, 0.3) is 0 Å². The van der Waals surface area contributed by atoms with E-state index in [9.17, 15) is 4.79 Å². The Morgan fingerprint density at radius 3 is 2.88 bits per heavy atom. The molecule has 0 aliphatic carbocycles. The van der Waals surface area contributed by atoms with Crippen molar-refractivity contribution in [2.45, 2.75) is 46.2 Å². The van der Waals surface area contributed by atoms with Crippen molar-refractivity contribution in [3.63, 3.8) is 0 Å². The van der Waals surface area contributed by atoms with E-state index in [0.717, 1.165) is 37.2 Å². The monoisotopic (exact) mass is 377 g/mol. The molecular weight excluding hydrogens is 354 g/mol. The molecule has 1 atom stereocenters. The number of carbonyl (C=O) groups is 1. The lowest BCUT2D eigenvalue weighted by Crippen LogP contribution is -2.25. The van der Waals surface area contributed by atoms with E-state index in [1.807, 2.05) is 11.6 Å². The fourth-order valence-electron chi connectivity index (χ4n) is 3.45. The van der Waals surface area contributed by atoms with Crippen LogP contribution in [0.3, 0.4) is 0 Å². The smallest absolute Gasteiger partial charge is 0.358 e. The summed E-state index contributed by atoms with van der Waals surface area (Å²) in [5.74, 6) is 0.624. The molecule has 0 amide bonds. The average molecular weight is 378 g/mol. The number of hydrogen-bond acceptors (Lipinski definition) is 6. The molecule has 0 N–H and O–H groups in total. The summed E-state index contributed by atoms with van der Waals surface area (Å²) in [5.41, 5.74) is 2.17. The largest absolute Gasteiger partial charge is 0.464 e. The van der Waals surface area contributed by atoms with E-state index in [2.05, 4.69) is 33.8 Å². The van der Waals surface area contributed by atoms with Crippen LogP contribution in [-0.4, -0.2) is 39.4 Å². The summed E-state index contributed by atoms with van der Waals surface area (Å²) in [6, 6.07) is 0.0746. The van der Waals surface area contributed by atoms with E-state index in [4.69, 9.17) is 16.3 Å². The zero-order valence-corrected chi connectivity index (χ0v) is 16.3. The molecule has 0 spiro atoms. The second-order valence-corrected chi connectivity index (χ2v) is 7.33. The third-order valence-corrected chi connectivity index (χ3v) is 4.94. The quantitative estimate of drug-likeness (QED) is 0.743. The number of esters is 1. The van der Waals surface area contributed by atoms with Gasteiger partial charge in [0.25, 0.3) is 0 Å². The number of hydrogen-bond donors (Lipinski definition) is 0. The van der Waals surface area contributed by atoms with E-state index in [0.29, 0.717) is 16.9 Å². The van der Waals surface area contributed by atoms with Gasteiger partial charge in [0.1, 0.15) is 11.0 Å². The van der Waals surface area contributed by atoms with Crippen LogP contribution in [-0.2, 0) is 11.3 Å². The minimum Gasteiger partial charge on any atom is -0.464 e.